The SMILES string of the molecule is CCN(c1ccc([N+](=O)[O-])cn1)C1CCCCC1CN. The topological polar surface area (TPSA) is 85.3 Å². The van der Waals surface area contributed by atoms with Crippen molar-refractivity contribution in [3.8, 4) is 0 Å². The van der Waals surface area contributed by atoms with E-state index < -0.39 is 4.92 Å². The zero-order chi connectivity index (χ0) is 14.5. The van der Waals surface area contributed by atoms with Gasteiger partial charge in [-0.3, -0.25) is 10.1 Å². The molecule has 1 heterocycles. The Labute approximate surface area is 119 Å². The maximum Gasteiger partial charge on any atom is 0.287 e. The van der Waals surface area contributed by atoms with Gasteiger partial charge in [-0.05, 0) is 38.3 Å². The highest BCUT2D eigenvalue weighted by Gasteiger charge is 2.29. The normalized spacial score (nSPS) is 22.5. The van der Waals surface area contributed by atoms with Gasteiger partial charge in [-0.25, -0.2) is 4.98 Å². The summed E-state index contributed by atoms with van der Waals surface area (Å²) >= 11 is 0. The third kappa shape index (κ3) is 3.07. The fourth-order valence-electron chi connectivity index (χ4n) is 3.10. The minimum Gasteiger partial charge on any atom is -0.354 e. The summed E-state index contributed by atoms with van der Waals surface area (Å²) in [6.07, 6.45) is 6.06. The predicted octanol–water partition coefficient (Wildman–Crippen LogP) is 2.33. The summed E-state index contributed by atoms with van der Waals surface area (Å²) < 4.78 is 0. The van der Waals surface area contributed by atoms with E-state index in [0.29, 0.717) is 18.5 Å². The summed E-state index contributed by atoms with van der Waals surface area (Å²) in [7, 11) is 0. The van der Waals surface area contributed by atoms with E-state index in [1.54, 1.807) is 6.07 Å². The molecular weight excluding hydrogens is 256 g/mol. The molecule has 20 heavy (non-hydrogen) atoms. The molecule has 1 aliphatic rings. The number of nitrogens with two attached hydrogens (primary N) is 1. The van der Waals surface area contributed by atoms with E-state index in [-0.39, 0.29) is 5.69 Å². The molecule has 2 N–H and O–H groups in total. The zero-order valence-electron chi connectivity index (χ0n) is 11.9. The Morgan fingerprint density at radius 2 is 2.20 bits per heavy atom. The standard InChI is InChI=1S/C14H22N4O2/c1-2-17(13-6-4-3-5-11(13)9-15)14-8-7-12(10-16-14)18(19)20/h7-8,10-11,13H,2-6,9,15H2,1H3. The Balaban J connectivity index is 2.19. The fraction of sp³-hybridized carbons (Fsp3) is 0.643. The zero-order valence-corrected chi connectivity index (χ0v) is 11.9. The molecule has 0 amide bonds. The van der Waals surface area contributed by atoms with Crippen molar-refractivity contribution in [3.63, 3.8) is 0 Å². The summed E-state index contributed by atoms with van der Waals surface area (Å²) in [5.74, 6) is 1.30. The number of pyridine rings is 1. The van der Waals surface area contributed by atoms with Crippen molar-refractivity contribution >= 4 is 11.5 Å². The Kier molecular flexibility index (Phi) is 4.89. The van der Waals surface area contributed by atoms with Gasteiger partial charge in [-0.15, -0.1) is 0 Å². The van der Waals surface area contributed by atoms with E-state index in [1.807, 2.05) is 0 Å². The first kappa shape index (κ1) is 14.7. The van der Waals surface area contributed by atoms with Crippen molar-refractivity contribution < 1.29 is 4.92 Å². The van der Waals surface area contributed by atoms with Crippen LogP contribution in [0.15, 0.2) is 18.3 Å². The number of aromatic nitrogens is 1. The van der Waals surface area contributed by atoms with Gasteiger partial charge in [0.1, 0.15) is 12.0 Å². The molecule has 0 saturated heterocycles. The minimum absolute atomic E-state index is 0.0313. The Hall–Kier alpha value is -1.69. The lowest BCUT2D eigenvalue weighted by molar-refractivity contribution is -0.385. The van der Waals surface area contributed by atoms with Crippen LogP contribution >= 0.6 is 0 Å². The lowest BCUT2D eigenvalue weighted by Gasteiger charge is -2.39. The van der Waals surface area contributed by atoms with Crippen LogP contribution in [0, 0.1) is 16.0 Å². The summed E-state index contributed by atoms with van der Waals surface area (Å²) in [5.41, 5.74) is 5.92. The summed E-state index contributed by atoms with van der Waals surface area (Å²) in [6.45, 7) is 3.62. The molecule has 0 spiro atoms. The lowest BCUT2D eigenvalue weighted by atomic mass is 9.83. The predicted molar refractivity (Wildman–Crippen MR) is 78.7 cm³/mol. The van der Waals surface area contributed by atoms with Gasteiger partial charge in [0, 0.05) is 18.7 Å². The highest BCUT2D eigenvalue weighted by atomic mass is 16.6. The summed E-state index contributed by atoms with van der Waals surface area (Å²) in [4.78, 5) is 16.8. The van der Waals surface area contributed by atoms with Crippen LogP contribution in [-0.4, -0.2) is 29.0 Å². The van der Waals surface area contributed by atoms with Gasteiger partial charge in [0.05, 0.1) is 4.92 Å². The van der Waals surface area contributed by atoms with Crippen LogP contribution in [-0.2, 0) is 0 Å². The van der Waals surface area contributed by atoms with Crippen molar-refractivity contribution in [3.05, 3.63) is 28.4 Å². The molecule has 2 atom stereocenters. The smallest absolute Gasteiger partial charge is 0.287 e. The van der Waals surface area contributed by atoms with E-state index in [0.717, 1.165) is 25.2 Å². The number of rotatable bonds is 5. The van der Waals surface area contributed by atoms with Crippen LogP contribution in [0.4, 0.5) is 11.5 Å². The highest BCUT2D eigenvalue weighted by Crippen LogP contribution is 2.30. The number of anilines is 1. The second kappa shape index (κ2) is 6.65. The first-order chi connectivity index (χ1) is 9.67. The number of nitro groups is 1. The molecule has 2 unspecified atom stereocenters. The molecule has 110 valence electrons. The van der Waals surface area contributed by atoms with E-state index in [1.165, 1.54) is 25.1 Å². The lowest BCUT2D eigenvalue weighted by Crippen LogP contribution is -2.45. The van der Waals surface area contributed by atoms with E-state index >= 15 is 0 Å². The van der Waals surface area contributed by atoms with Crippen LogP contribution in [0.25, 0.3) is 0 Å². The Morgan fingerprint density at radius 1 is 1.45 bits per heavy atom. The highest BCUT2D eigenvalue weighted by molar-refractivity contribution is 5.44. The monoisotopic (exact) mass is 278 g/mol. The van der Waals surface area contributed by atoms with Gasteiger partial charge in [-0.1, -0.05) is 12.8 Å². The molecule has 1 aromatic heterocycles. The average Bonchev–Trinajstić information content (AvgIpc) is 2.49. The van der Waals surface area contributed by atoms with Gasteiger partial charge in [0.15, 0.2) is 0 Å². The first-order valence-corrected chi connectivity index (χ1v) is 7.24. The molecule has 0 radical (unpaired) electrons. The van der Waals surface area contributed by atoms with Crippen LogP contribution < -0.4 is 10.6 Å². The quantitative estimate of drug-likeness (QED) is 0.660. The van der Waals surface area contributed by atoms with Crippen molar-refractivity contribution in [2.75, 3.05) is 18.0 Å². The minimum atomic E-state index is -0.420. The van der Waals surface area contributed by atoms with Crippen LogP contribution in [0.1, 0.15) is 32.6 Å². The molecular formula is C14H22N4O2. The third-order valence-electron chi connectivity index (χ3n) is 4.15. The first-order valence-electron chi connectivity index (χ1n) is 7.24. The van der Waals surface area contributed by atoms with Gasteiger partial charge < -0.3 is 10.6 Å². The number of nitrogens with zero attached hydrogens (tertiary/aromatic N) is 3. The van der Waals surface area contributed by atoms with Gasteiger partial charge in [0.25, 0.3) is 5.69 Å². The molecule has 0 aromatic carbocycles. The van der Waals surface area contributed by atoms with Crippen LogP contribution in [0.2, 0.25) is 0 Å². The van der Waals surface area contributed by atoms with E-state index in [4.69, 9.17) is 5.73 Å². The summed E-state index contributed by atoms with van der Waals surface area (Å²) in [5, 5.41) is 10.7. The Morgan fingerprint density at radius 3 is 2.75 bits per heavy atom. The maximum atomic E-state index is 10.7. The average molecular weight is 278 g/mol. The molecule has 1 fully saturated rings. The third-order valence-corrected chi connectivity index (χ3v) is 4.15. The maximum absolute atomic E-state index is 10.7. The largest absolute Gasteiger partial charge is 0.354 e. The van der Waals surface area contributed by atoms with E-state index in [2.05, 4.69) is 16.8 Å². The number of hydrogen-bond donors (Lipinski definition) is 1. The molecule has 0 aliphatic heterocycles. The number of hydrogen-bond acceptors (Lipinski definition) is 5. The summed E-state index contributed by atoms with van der Waals surface area (Å²) in [6, 6.07) is 3.66. The molecule has 6 heteroatoms. The van der Waals surface area contributed by atoms with Crippen molar-refractivity contribution in [2.24, 2.45) is 11.7 Å². The Bertz CT molecular complexity index is 449. The van der Waals surface area contributed by atoms with Crippen molar-refractivity contribution in [1.29, 1.82) is 0 Å². The molecule has 1 aromatic rings. The van der Waals surface area contributed by atoms with Crippen LogP contribution in [0.3, 0.4) is 0 Å². The molecule has 0 bridgehead atoms. The molecule has 6 nitrogen and oxygen atoms in total. The molecule has 2 rings (SSSR count). The van der Waals surface area contributed by atoms with Gasteiger partial charge in [0.2, 0.25) is 0 Å². The molecule has 1 aliphatic carbocycles. The van der Waals surface area contributed by atoms with Crippen LogP contribution in [0.5, 0.6) is 0 Å². The second-order valence-electron chi connectivity index (χ2n) is 5.27. The van der Waals surface area contributed by atoms with Crippen molar-refractivity contribution in [2.45, 2.75) is 38.6 Å². The van der Waals surface area contributed by atoms with Crippen molar-refractivity contribution in [1.82, 2.24) is 4.98 Å². The molecule has 1 saturated carbocycles. The van der Waals surface area contributed by atoms with Gasteiger partial charge >= 0.3 is 0 Å². The fourth-order valence-corrected chi connectivity index (χ4v) is 3.10. The van der Waals surface area contributed by atoms with Gasteiger partial charge in [-0.2, -0.15) is 0 Å². The second-order valence-corrected chi connectivity index (χ2v) is 5.27. The van der Waals surface area contributed by atoms with E-state index in [9.17, 15) is 10.1 Å².